The van der Waals surface area contributed by atoms with Crippen molar-refractivity contribution in [2.75, 3.05) is 52.1 Å². The highest BCUT2D eigenvalue weighted by Crippen LogP contribution is 2.16. The van der Waals surface area contributed by atoms with Crippen LogP contribution in [0.15, 0.2) is 0 Å². The first-order chi connectivity index (χ1) is 8.76. The average Bonchev–Trinajstić information content (AvgIpc) is 2.35. The fourth-order valence-electron chi connectivity index (χ4n) is 1.09. The third kappa shape index (κ3) is 4.20. The zero-order chi connectivity index (χ0) is 14.6. The molecule has 0 spiro atoms. The Morgan fingerprint density at radius 2 is 1.74 bits per heavy atom. The molecule has 1 aromatic heterocycles. The number of nitrogens with one attached hydrogen (secondary N) is 1. The maximum Gasteiger partial charge on any atom is 0.323 e. The van der Waals surface area contributed by atoms with Crippen LogP contribution in [0.5, 0.6) is 6.01 Å². The van der Waals surface area contributed by atoms with E-state index < -0.39 is 0 Å². The Hall–Kier alpha value is -1.63. The van der Waals surface area contributed by atoms with Gasteiger partial charge in [-0.1, -0.05) is 0 Å². The molecule has 7 heteroatoms. The predicted octanol–water partition coefficient (Wildman–Crippen LogP) is 0.698. The molecule has 0 bridgehead atoms. The van der Waals surface area contributed by atoms with Crippen molar-refractivity contribution >= 4 is 11.9 Å². The Kier molecular flexibility index (Phi) is 4.88. The van der Waals surface area contributed by atoms with Crippen LogP contribution in [0.1, 0.15) is 13.8 Å². The number of ether oxygens (including phenoxy) is 1. The number of aromatic nitrogens is 3. The van der Waals surface area contributed by atoms with Crippen LogP contribution in [0.25, 0.3) is 0 Å². The van der Waals surface area contributed by atoms with Crippen LogP contribution < -0.4 is 15.0 Å². The van der Waals surface area contributed by atoms with Gasteiger partial charge in [-0.25, -0.2) is 0 Å². The van der Waals surface area contributed by atoms with Gasteiger partial charge in [-0.3, -0.25) is 0 Å². The molecule has 0 saturated heterocycles. The van der Waals surface area contributed by atoms with Gasteiger partial charge in [0.25, 0.3) is 0 Å². The van der Waals surface area contributed by atoms with Crippen LogP contribution in [-0.2, 0) is 0 Å². The van der Waals surface area contributed by atoms with Crippen molar-refractivity contribution in [3.05, 3.63) is 0 Å². The van der Waals surface area contributed by atoms with Crippen LogP contribution in [0.2, 0.25) is 0 Å². The third-order valence-corrected chi connectivity index (χ3v) is 2.99. The normalized spacial score (nSPS) is 11.6. The largest absolute Gasteiger partial charge is 0.461 e. The fraction of sp³-hybridized carbons (Fsp3) is 0.750. The van der Waals surface area contributed by atoms with Gasteiger partial charge in [0.2, 0.25) is 11.9 Å². The van der Waals surface area contributed by atoms with Gasteiger partial charge in [-0.15, -0.1) is 0 Å². The molecule has 1 rings (SSSR count). The van der Waals surface area contributed by atoms with Gasteiger partial charge in [0, 0.05) is 26.7 Å². The zero-order valence-electron chi connectivity index (χ0n) is 12.9. The highest BCUT2D eigenvalue weighted by atomic mass is 16.5. The number of anilines is 2. The number of likely N-dealkylation sites (N-methyl/N-ethyl adjacent to an activating group) is 1. The summed E-state index contributed by atoms with van der Waals surface area (Å²) in [7, 11) is 9.55. The van der Waals surface area contributed by atoms with Crippen LogP contribution in [-0.4, -0.2) is 67.2 Å². The van der Waals surface area contributed by atoms with Crippen LogP contribution in [0.3, 0.4) is 0 Å². The summed E-state index contributed by atoms with van der Waals surface area (Å²) in [6.45, 7) is 4.69. The molecule has 0 aliphatic carbocycles. The highest BCUT2D eigenvalue weighted by Gasteiger charge is 2.22. The summed E-state index contributed by atoms with van der Waals surface area (Å²) < 4.78 is 5.69. The molecule has 108 valence electrons. The minimum absolute atomic E-state index is 0.0925. The molecule has 1 N–H and O–H groups in total. The molecular formula is C12H24N6O. The predicted molar refractivity (Wildman–Crippen MR) is 77.0 cm³/mol. The Bertz CT molecular complexity index is 419. The van der Waals surface area contributed by atoms with Gasteiger partial charge in [0.1, 0.15) is 6.61 Å². The van der Waals surface area contributed by atoms with Gasteiger partial charge in [-0.2, -0.15) is 15.0 Å². The standard InChI is InChI=1S/C12H24N6O/c1-12(2,18(6)7)8-19-11-15-9(13-3)14-10(16-11)17(4)5/h8H2,1-7H3,(H,13,14,15,16). The number of nitrogens with zero attached hydrogens (tertiary/aromatic N) is 5. The Labute approximate surface area is 115 Å². The van der Waals surface area contributed by atoms with Crippen molar-refractivity contribution in [1.82, 2.24) is 19.9 Å². The quantitative estimate of drug-likeness (QED) is 0.814. The second-order valence-electron chi connectivity index (χ2n) is 5.38. The molecule has 0 amide bonds. The maximum atomic E-state index is 5.69. The zero-order valence-corrected chi connectivity index (χ0v) is 12.9. The summed E-state index contributed by atoms with van der Waals surface area (Å²) in [5.41, 5.74) is -0.0925. The van der Waals surface area contributed by atoms with E-state index in [4.69, 9.17) is 4.74 Å². The topological polar surface area (TPSA) is 66.4 Å². The van der Waals surface area contributed by atoms with Crippen molar-refractivity contribution < 1.29 is 4.74 Å². The summed E-state index contributed by atoms with van der Waals surface area (Å²) in [5.74, 6) is 1.06. The van der Waals surface area contributed by atoms with Crippen molar-refractivity contribution in [3.8, 4) is 6.01 Å². The molecule has 0 radical (unpaired) electrons. The third-order valence-electron chi connectivity index (χ3n) is 2.99. The fourth-order valence-corrected chi connectivity index (χ4v) is 1.09. The van der Waals surface area contributed by atoms with Crippen molar-refractivity contribution in [2.45, 2.75) is 19.4 Å². The molecule has 0 unspecified atom stereocenters. The Balaban J connectivity index is 2.86. The molecule has 0 aliphatic heterocycles. The first-order valence-corrected chi connectivity index (χ1v) is 6.17. The van der Waals surface area contributed by atoms with Gasteiger partial charge >= 0.3 is 6.01 Å². The second-order valence-corrected chi connectivity index (χ2v) is 5.38. The molecular weight excluding hydrogens is 244 g/mol. The average molecular weight is 268 g/mol. The van der Waals surface area contributed by atoms with E-state index in [0.717, 1.165) is 0 Å². The summed E-state index contributed by atoms with van der Waals surface area (Å²) in [6, 6.07) is 0.331. The van der Waals surface area contributed by atoms with E-state index >= 15 is 0 Å². The van der Waals surface area contributed by atoms with Crippen LogP contribution in [0.4, 0.5) is 11.9 Å². The molecule has 0 atom stereocenters. The lowest BCUT2D eigenvalue weighted by Crippen LogP contribution is -2.43. The SMILES string of the molecule is CNc1nc(OCC(C)(C)N(C)C)nc(N(C)C)n1. The number of rotatable bonds is 6. The van der Waals surface area contributed by atoms with Crippen molar-refractivity contribution in [2.24, 2.45) is 0 Å². The highest BCUT2D eigenvalue weighted by molar-refractivity contribution is 5.36. The van der Waals surface area contributed by atoms with Gasteiger partial charge in [-0.05, 0) is 27.9 Å². The van der Waals surface area contributed by atoms with Gasteiger partial charge < -0.3 is 19.9 Å². The first-order valence-electron chi connectivity index (χ1n) is 6.17. The van der Waals surface area contributed by atoms with E-state index in [1.807, 2.05) is 33.1 Å². The molecule has 7 nitrogen and oxygen atoms in total. The molecule has 0 fully saturated rings. The van der Waals surface area contributed by atoms with E-state index in [1.165, 1.54) is 0 Å². The Morgan fingerprint density at radius 3 is 2.21 bits per heavy atom. The molecule has 0 saturated carbocycles. The van der Waals surface area contributed by atoms with Crippen LogP contribution in [0, 0.1) is 0 Å². The van der Waals surface area contributed by atoms with Crippen LogP contribution >= 0.6 is 0 Å². The van der Waals surface area contributed by atoms with Crippen molar-refractivity contribution in [1.29, 1.82) is 0 Å². The smallest absolute Gasteiger partial charge is 0.323 e. The van der Waals surface area contributed by atoms with E-state index in [-0.39, 0.29) is 5.54 Å². The van der Waals surface area contributed by atoms with E-state index in [9.17, 15) is 0 Å². The molecule has 19 heavy (non-hydrogen) atoms. The molecule has 0 aromatic carbocycles. The maximum absolute atomic E-state index is 5.69. The van der Waals surface area contributed by atoms with Crippen molar-refractivity contribution in [3.63, 3.8) is 0 Å². The summed E-state index contributed by atoms with van der Waals surface area (Å²) >= 11 is 0. The lowest BCUT2D eigenvalue weighted by Gasteiger charge is -2.31. The second kappa shape index (κ2) is 6.01. The number of hydrogen-bond donors (Lipinski definition) is 1. The van der Waals surface area contributed by atoms with Gasteiger partial charge in [0.15, 0.2) is 0 Å². The van der Waals surface area contributed by atoms with Gasteiger partial charge in [0.05, 0.1) is 0 Å². The molecule has 1 heterocycles. The Morgan fingerprint density at radius 1 is 1.11 bits per heavy atom. The summed E-state index contributed by atoms with van der Waals surface area (Å²) in [6.07, 6.45) is 0. The number of hydrogen-bond acceptors (Lipinski definition) is 7. The van der Waals surface area contributed by atoms with E-state index in [2.05, 4.69) is 39.0 Å². The summed E-state index contributed by atoms with van der Waals surface area (Å²) in [4.78, 5) is 16.6. The minimum atomic E-state index is -0.0925. The van der Waals surface area contributed by atoms with E-state index in [0.29, 0.717) is 24.5 Å². The summed E-state index contributed by atoms with van der Waals surface area (Å²) in [5, 5.41) is 2.90. The lowest BCUT2D eigenvalue weighted by molar-refractivity contribution is 0.108. The minimum Gasteiger partial charge on any atom is -0.461 e. The molecule has 1 aromatic rings. The lowest BCUT2D eigenvalue weighted by atomic mass is 10.1. The van der Waals surface area contributed by atoms with E-state index in [1.54, 1.807) is 7.05 Å². The molecule has 0 aliphatic rings. The monoisotopic (exact) mass is 268 g/mol. The first kappa shape index (κ1) is 15.4.